The van der Waals surface area contributed by atoms with Crippen LogP contribution in [-0.2, 0) is 14.8 Å². The first kappa shape index (κ1) is 17.0. The van der Waals surface area contributed by atoms with E-state index in [1.807, 2.05) is 44.2 Å². The van der Waals surface area contributed by atoms with Crippen LogP contribution in [0, 0.1) is 0 Å². The van der Waals surface area contributed by atoms with Crippen molar-refractivity contribution in [1.82, 2.24) is 9.78 Å². The molecule has 0 amide bonds. The lowest BCUT2D eigenvalue weighted by Gasteiger charge is -2.15. The highest BCUT2D eigenvalue weighted by Crippen LogP contribution is 2.28. The highest BCUT2D eigenvalue weighted by Gasteiger charge is 2.25. The van der Waals surface area contributed by atoms with E-state index >= 15 is 0 Å². The maximum atomic E-state index is 12.4. The zero-order chi connectivity index (χ0) is 17.2. The minimum absolute atomic E-state index is 0.0128. The molecule has 24 heavy (non-hydrogen) atoms. The average molecular weight is 349 g/mol. The Balaban J connectivity index is 1.87. The minimum Gasteiger partial charge on any atom is -0.377 e. The molecular weight excluding hydrogens is 326 g/mol. The van der Waals surface area contributed by atoms with Crippen molar-refractivity contribution in [3.05, 3.63) is 42.2 Å². The number of hydrogen-bond donors (Lipinski definition) is 1. The smallest absolute Gasteiger partial charge is 0.235 e. The van der Waals surface area contributed by atoms with Gasteiger partial charge in [-0.1, -0.05) is 32.0 Å². The van der Waals surface area contributed by atoms with E-state index in [2.05, 4.69) is 9.82 Å². The molecule has 0 spiro atoms. The van der Waals surface area contributed by atoms with Crippen molar-refractivity contribution in [2.75, 3.05) is 17.1 Å². The van der Waals surface area contributed by atoms with Gasteiger partial charge in [-0.25, -0.2) is 13.1 Å². The molecule has 1 aromatic heterocycles. The van der Waals surface area contributed by atoms with Crippen LogP contribution in [0.4, 0.5) is 5.69 Å². The predicted octanol–water partition coefficient (Wildman–Crippen LogP) is 2.92. The molecule has 130 valence electrons. The van der Waals surface area contributed by atoms with Gasteiger partial charge >= 0.3 is 0 Å². The van der Waals surface area contributed by atoms with Gasteiger partial charge in [-0.05, 0) is 30.9 Å². The van der Waals surface area contributed by atoms with Crippen LogP contribution in [0.3, 0.4) is 0 Å². The maximum absolute atomic E-state index is 12.4. The number of hydrogen-bond acceptors (Lipinski definition) is 4. The number of benzene rings is 1. The van der Waals surface area contributed by atoms with E-state index in [9.17, 15) is 8.42 Å². The third-order valence-corrected chi connectivity index (χ3v) is 5.39. The average Bonchev–Trinajstić information content (AvgIpc) is 3.17. The lowest BCUT2D eigenvalue weighted by molar-refractivity contribution is 0.127. The molecule has 1 atom stereocenters. The number of anilines is 1. The zero-order valence-electron chi connectivity index (χ0n) is 14.0. The fourth-order valence-corrected chi connectivity index (χ4v) is 4.32. The van der Waals surface area contributed by atoms with Crippen LogP contribution in [-0.4, -0.2) is 36.7 Å². The monoisotopic (exact) mass is 349 g/mol. The van der Waals surface area contributed by atoms with Crippen molar-refractivity contribution in [2.45, 2.75) is 38.7 Å². The maximum Gasteiger partial charge on any atom is 0.235 e. The van der Waals surface area contributed by atoms with Crippen molar-refractivity contribution >= 4 is 15.7 Å². The molecule has 2 heterocycles. The summed E-state index contributed by atoms with van der Waals surface area (Å²) in [4.78, 5) is 0. The summed E-state index contributed by atoms with van der Waals surface area (Å²) >= 11 is 0. The normalized spacial score (nSPS) is 18.2. The highest BCUT2D eigenvalue weighted by molar-refractivity contribution is 7.92. The van der Waals surface area contributed by atoms with Crippen molar-refractivity contribution < 1.29 is 13.2 Å². The van der Waals surface area contributed by atoms with Crippen molar-refractivity contribution in [3.8, 4) is 5.69 Å². The summed E-state index contributed by atoms with van der Waals surface area (Å²) in [6.45, 7) is 4.69. The molecule has 3 rings (SSSR count). The standard InChI is InChI=1S/C17H23N3O3S/c1-13(2)17-16(11-18-20(17)14-7-4-3-5-8-14)19-24(21,22)12-15-9-6-10-23-15/h3-5,7-8,11,13,15,19H,6,9-10,12H2,1-2H3. The lowest BCUT2D eigenvalue weighted by atomic mass is 10.1. The fourth-order valence-electron chi connectivity index (χ4n) is 3.00. The van der Waals surface area contributed by atoms with E-state index in [1.54, 1.807) is 10.9 Å². The number of nitrogens with one attached hydrogen (secondary N) is 1. The summed E-state index contributed by atoms with van der Waals surface area (Å²) in [5, 5.41) is 4.38. The molecule has 6 nitrogen and oxygen atoms in total. The molecule has 7 heteroatoms. The Hall–Kier alpha value is -1.86. The van der Waals surface area contributed by atoms with Crippen LogP contribution >= 0.6 is 0 Å². The van der Waals surface area contributed by atoms with E-state index in [1.165, 1.54) is 0 Å². The van der Waals surface area contributed by atoms with Gasteiger partial charge in [-0.2, -0.15) is 5.10 Å². The van der Waals surface area contributed by atoms with Gasteiger partial charge in [-0.3, -0.25) is 4.72 Å². The van der Waals surface area contributed by atoms with Crippen LogP contribution < -0.4 is 4.72 Å². The van der Waals surface area contributed by atoms with Crippen LogP contribution in [0.1, 0.15) is 38.3 Å². The SMILES string of the molecule is CC(C)c1c(NS(=O)(=O)CC2CCCO2)cnn1-c1ccccc1. The molecule has 1 aliphatic heterocycles. The largest absolute Gasteiger partial charge is 0.377 e. The van der Waals surface area contributed by atoms with Crippen LogP contribution in [0.15, 0.2) is 36.5 Å². The summed E-state index contributed by atoms with van der Waals surface area (Å²) in [5.74, 6) is 0.106. The van der Waals surface area contributed by atoms with Gasteiger partial charge in [-0.15, -0.1) is 0 Å². The van der Waals surface area contributed by atoms with Gasteiger partial charge in [0.1, 0.15) is 0 Å². The molecule has 0 aliphatic carbocycles. The molecule has 1 unspecified atom stereocenters. The van der Waals surface area contributed by atoms with Crippen molar-refractivity contribution in [3.63, 3.8) is 0 Å². The van der Waals surface area contributed by atoms with E-state index in [0.717, 1.165) is 24.2 Å². The topological polar surface area (TPSA) is 73.2 Å². The van der Waals surface area contributed by atoms with Gasteiger partial charge in [0, 0.05) is 6.61 Å². The number of rotatable bonds is 6. The summed E-state index contributed by atoms with van der Waals surface area (Å²) in [5.41, 5.74) is 2.29. The summed E-state index contributed by atoms with van der Waals surface area (Å²) < 4.78 is 34.8. The molecule has 0 saturated carbocycles. The molecule has 2 aromatic rings. The van der Waals surface area contributed by atoms with Gasteiger partial charge in [0.15, 0.2) is 0 Å². The van der Waals surface area contributed by atoms with E-state index < -0.39 is 10.0 Å². The predicted molar refractivity (Wildman–Crippen MR) is 94.0 cm³/mol. The molecule has 0 radical (unpaired) electrons. The Morgan fingerprint density at radius 3 is 2.71 bits per heavy atom. The van der Waals surface area contributed by atoms with Crippen molar-refractivity contribution in [2.24, 2.45) is 0 Å². The second-order valence-corrected chi connectivity index (χ2v) is 8.13. The van der Waals surface area contributed by atoms with Gasteiger partial charge in [0.2, 0.25) is 10.0 Å². The Kier molecular flexibility index (Phi) is 4.91. The first-order chi connectivity index (χ1) is 11.5. The molecule has 1 fully saturated rings. The van der Waals surface area contributed by atoms with Crippen molar-refractivity contribution in [1.29, 1.82) is 0 Å². The van der Waals surface area contributed by atoms with Crippen LogP contribution in [0.2, 0.25) is 0 Å². The quantitative estimate of drug-likeness (QED) is 0.870. The Labute approximate surface area is 142 Å². The molecule has 0 bridgehead atoms. The van der Waals surface area contributed by atoms with E-state index in [4.69, 9.17) is 4.74 Å². The Bertz CT molecular complexity index is 779. The second-order valence-electron chi connectivity index (χ2n) is 6.36. The highest BCUT2D eigenvalue weighted by atomic mass is 32.2. The number of aromatic nitrogens is 2. The summed E-state index contributed by atoms with van der Waals surface area (Å²) in [6.07, 6.45) is 3.08. The molecule has 1 aliphatic rings. The number of para-hydroxylation sites is 1. The lowest BCUT2D eigenvalue weighted by Crippen LogP contribution is -2.26. The van der Waals surface area contributed by atoms with E-state index in [0.29, 0.717) is 12.3 Å². The number of nitrogens with zero attached hydrogens (tertiary/aromatic N) is 2. The first-order valence-electron chi connectivity index (χ1n) is 8.22. The summed E-state index contributed by atoms with van der Waals surface area (Å²) in [6, 6.07) is 9.70. The van der Waals surface area contributed by atoms with Crippen LogP contribution in [0.25, 0.3) is 5.69 Å². The molecule has 1 aromatic carbocycles. The Morgan fingerprint density at radius 2 is 2.08 bits per heavy atom. The van der Waals surface area contributed by atoms with E-state index in [-0.39, 0.29) is 17.8 Å². The third kappa shape index (κ3) is 3.79. The van der Waals surface area contributed by atoms with Crippen LogP contribution in [0.5, 0.6) is 0 Å². The van der Waals surface area contributed by atoms with Gasteiger partial charge < -0.3 is 4.74 Å². The minimum atomic E-state index is -3.47. The second kappa shape index (κ2) is 6.94. The van der Waals surface area contributed by atoms with Gasteiger partial charge in [0.25, 0.3) is 0 Å². The first-order valence-corrected chi connectivity index (χ1v) is 9.87. The van der Waals surface area contributed by atoms with Gasteiger partial charge in [0.05, 0.1) is 35.1 Å². The molecule has 1 saturated heterocycles. The summed E-state index contributed by atoms with van der Waals surface area (Å²) in [7, 11) is -3.47. The fraction of sp³-hybridized carbons (Fsp3) is 0.471. The number of sulfonamides is 1. The number of ether oxygens (including phenoxy) is 1. The third-order valence-electron chi connectivity index (χ3n) is 4.05. The zero-order valence-corrected chi connectivity index (χ0v) is 14.8. The Morgan fingerprint density at radius 1 is 1.33 bits per heavy atom. The molecule has 1 N–H and O–H groups in total. The molecular formula is C17H23N3O3S.